The van der Waals surface area contributed by atoms with Crippen molar-refractivity contribution in [3.05, 3.63) is 16.0 Å². The molecule has 0 saturated heterocycles. The van der Waals surface area contributed by atoms with Crippen LogP contribution in [0.4, 0.5) is 5.00 Å². The average molecular weight is 352 g/mol. The largest absolute Gasteiger partial charge is 0.449 e. The fourth-order valence-electron chi connectivity index (χ4n) is 2.20. The molecule has 7 heteroatoms. The molecule has 132 valence electrons. The molecular formula is C17H24N2O4S. The van der Waals surface area contributed by atoms with Crippen molar-refractivity contribution in [2.24, 2.45) is 5.92 Å². The molecule has 1 aromatic rings. The molecule has 1 heterocycles. The molecule has 0 spiro atoms. The summed E-state index contributed by atoms with van der Waals surface area (Å²) in [6.07, 6.45) is 0.884. The van der Waals surface area contributed by atoms with E-state index in [1.807, 2.05) is 27.7 Å². The van der Waals surface area contributed by atoms with Crippen molar-refractivity contribution in [3.8, 4) is 0 Å². The van der Waals surface area contributed by atoms with Crippen molar-refractivity contribution < 1.29 is 19.1 Å². The van der Waals surface area contributed by atoms with Crippen LogP contribution in [0.25, 0.3) is 0 Å². The van der Waals surface area contributed by atoms with Crippen molar-refractivity contribution in [2.45, 2.75) is 59.6 Å². The fraction of sp³-hybridized carbons (Fsp3) is 0.588. The van der Waals surface area contributed by atoms with Gasteiger partial charge in [0.15, 0.2) is 6.10 Å². The molecule has 2 amide bonds. The molecule has 1 aromatic heterocycles. The van der Waals surface area contributed by atoms with Gasteiger partial charge in [-0.25, -0.2) is 4.79 Å². The molecule has 1 saturated carbocycles. The van der Waals surface area contributed by atoms with Gasteiger partial charge in [0, 0.05) is 16.8 Å². The highest BCUT2D eigenvalue weighted by molar-refractivity contribution is 7.16. The number of anilines is 1. The Kier molecular flexibility index (Phi) is 5.64. The van der Waals surface area contributed by atoms with Crippen LogP contribution in [0.5, 0.6) is 0 Å². The zero-order valence-electron chi connectivity index (χ0n) is 14.7. The number of carbonyl (C=O) groups is 3. The second kappa shape index (κ2) is 7.34. The number of carbonyl (C=O) groups excluding carboxylic acids is 3. The molecule has 1 fully saturated rings. The molecule has 2 rings (SSSR count). The summed E-state index contributed by atoms with van der Waals surface area (Å²) in [6.45, 7) is 8.91. The molecule has 0 bridgehead atoms. The van der Waals surface area contributed by atoms with Crippen molar-refractivity contribution >= 4 is 34.1 Å². The molecule has 24 heavy (non-hydrogen) atoms. The van der Waals surface area contributed by atoms with Gasteiger partial charge >= 0.3 is 5.97 Å². The monoisotopic (exact) mass is 352 g/mol. The standard InChI is InChI=1S/C17H24N2O4S/c1-8(2)18-14(20)10(4)23-17(22)13-9(3)11(5)24-16(13)19-15(21)12-6-7-12/h8,10,12H,6-7H2,1-5H3,(H,18,20)(H,19,21). The van der Waals surface area contributed by atoms with E-state index in [9.17, 15) is 14.4 Å². The summed E-state index contributed by atoms with van der Waals surface area (Å²) in [5.41, 5.74) is 1.11. The topological polar surface area (TPSA) is 84.5 Å². The van der Waals surface area contributed by atoms with Crippen molar-refractivity contribution in [1.82, 2.24) is 5.32 Å². The van der Waals surface area contributed by atoms with E-state index in [0.29, 0.717) is 10.6 Å². The highest BCUT2D eigenvalue weighted by atomic mass is 32.1. The first-order chi connectivity index (χ1) is 11.2. The van der Waals surface area contributed by atoms with Crippen LogP contribution in [0, 0.1) is 19.8 Å². The quantitative estimate of drug-likeness (QED) is 0.771. The van der Waals surface area contributed by atoms with Gasteiger partial charge in [-0.1, -0.05) is 0 Å². The summed E-state index contributed by atoms with van der Waals surface area (Å²) in [6, 6.07) is -0.0304. The molecule has 1 unspecified atom stereocenters. The number of esters is 1. The number of hydrogen-bond acceptors (Lipinski definition) is 5. The van der Waals surface area contributed by atoms with Crippen LogP contribution >= 0.6 is 11.3 Å². The second-order valence-corrected chi connectivity index (χ2v) is 7.69. The summed E-state index contributed by atoms with van der Waals surface area (Å²) in [7, 11) is 0. The number of nitrogens with one attached hydrogen (secondary N) is 2. The van der Waals surface area contributed by atoms with Gasteiger partial charge in [-0.15, -0.1) is 11.3 Å². The van der Waals surface area contributed by atoms with Crippen LogP contribution in [0.3, 0.4) is 0 Å². The van der Waals surface area contributed by atoms with E-state index in [4.69, 9.17) is 4.74 Å². The van der Waals surface area contributed by atoms with E-state index in [1.54, 1.807) is 0 Å². The molecule has 0 radical (unpaired) electrons. The minimum absolute atomic E-state index is 0.0304. The Morgan fingerprint density at radius 1 is 1.17 bits per heavy atom. The van der Waals surface area contributed by atoms with Crippen LogP contribution in [-0.4, -0.2) is 29.9 Å². The van der Waals surface area contributed by atoms with Crippen LogP contribution in [0.15, 0.2) is 0 Å². The number of ether oxygens (including phenoxy) is 1. The first-order valence-corrected chi connectivity index (χ1v) is 8.94. The van der Waals surface area contributed by atoms with Gasteiger partial charge in [-0.3, -0.25) is 9.59 Å². The maximum absolute atomic E-state index is 12.5. The lowest BCUT2D eigenvalue weighted by Crippen LogP contribution is -2.39. The van der Waals surface area contributed by atoms with E-state index < -0.39 is 12.1 Å². The minimum Gasteiger partial charge on any atom is -0.449 e. The zero-order chi connectivity index (χ0) is 18.0. The van der Waals surface area contributed by atoms with E-state index in [-0.39, 0.29) is 23.8 Å². The molecule has 6 nitrogen and oxygen atoms in total. The van der Waals surface area contributed by atoms with Gasteiger partial charge < -0.3 is 15.4 Å². The molecule has 0 aromatic carbocycles. The van der Waals surface area contributed by atoms with E-state index in [0.717, 1.165) is 23.3 Å². The van der Waals surface area contributed by atoms with E-state index in [2.05, 4.69) is 10.6 Å². The zero-order valence-corrected chi connectivity index (χ0v) is 15.5. The van der Waals surface area contributed by atoms with Crippen LogP contribution in [-0.2, 0) is 14.3 Å². The fourth-order valence-corrected chi connectivity index (χ4v) is 3.25. The van der Waals surface area contributed by atoms with Gasteiger partial charge in [0.2, 0.25) is 5.91 Å². The lowest BCUT2D eigenvalue weighted by molar-refractivity contribution is -0.129. The third-order valence-corrected chi connectivity index (χ3v) is 4.98. The Balaban J connectivity index is 2.12. The number of thiophene rings is 1. The van der Waals surface area contributed by atoms with Crippen molar-refractivity contribution in [2.75, 3.05) is 5.32 Å². The average Bonchev–Trinajstić information content (AvgIpc) is 3.26. The first-order valence-electron chi connectivity index (χ1n) is 8.13. The Morgan fingerprint density at radius 3 is 2.33 bits per heavy atom. The summed E-state index contributed by atoms with van der Waals surface area (Å²) in [5, 5.41) is 6.04. The highest BCUT2D eigenvalue weighted by Crippen LogP contribution is 2.36. The van der Waals surface area contributed by atoms with E-state index in [1.165, 1.54) is 18.3 Å². The van der Waals surface area contributed by atoms with E-state index >= 15 is 0 Å². The second-order valence-electron chi connectivity index (χ2n) is 6.46. The molecule has 2 N–H and O–H groups in total. The summed E-state index contributed by atoms with van der Waals surface area (Å²) >= 11 is 1.36. The predicted molar refractivity (Wildman–Crippen MR) is 93.3 cm³/mol. The van der Waals surface area contributed by atoms with Crippen LogP contribution in [0.1, 0.15) is 54.4 Å². The van der Waals surface area contributed by atoms with Gasteiger partial charge in [-0.2, -0.15) is 0 Å². The Morgan fingerprint density at radius 2 is 1.79 bits per heavy atom. The maximum atomic E-state index is 12.5. The van der Waals surface area contributed by atoms with Gasteiger partial charge in [0.1, 0.15) is 5.00 Å². The number of amides is 2. The minimum atomic E-state index is -0.897. The smallest absolute Gasteiger partial charge is 0.342 e. The van der Waals surface area contributed by atoms with Gasteiger partial charge in [0.25, 0.3) is 5.91 Å². The summed E-state index contributed by atoms with van der Waals surface area (Å²) in [5.74, 6) is -0.941. The number of hydrogen-bond donors (Lipinski definition) is 2. The Labute approximate surface area is 146 Å². The van der Waals surface area contributed by atoms with Crippen molar-refractivity contribution in [1.29, 1.82) is 0 Å². The van der Waals surface area contributed by atoms with Crippen LogP contribution in [0.2, 0.25) is 0 Å². The van der Waals surface area contributed by atoms with Crippen molar-refractivity contribution in [3.63, 3.8) is 0 Å². The highest BCUT2D eigenvalue weighted by Gasteiger charge is 2.32. The summed E-state index contributed by atoms with van der Waals surface area (Å²) < 4.78 is 5.30. The number of rotatable bonds is 6. The SMILES string of the molecule is Cc1sc(NC(=O)C2CC2)c(C(=O)OC(C)C(=O)NC(C)C)c1C. The molecule has 1 atom stereocenters. The van der Waals surface area contributed by atoms with Gasteiger partial charge in [-0.05, 0) is 53.0 Å². The Bertz CT molecular complexity index is 662. The lowest BCUT2D eigenvalue weighted by Gasteiger charge is -2.16. The lowest BCUT2D eigenvalue weighted by atomic mass is 10.1. The maximum Gasteiger partial charge on any atom is 0.342 e. The Hall–Kier alpha value is -1.89. The molecule has 0 aliphatic heterocycles. The van der Waals surface area contributed by atoms with Crippen LogP contribution < -0.4 is 10.6 Å². The molecular weight excluding hydrogens is 328 g/mol. The third kappa shape index (κ3) is 4.35. The normalized spacial score (nSPS) is 15.1. The molecule has 1 aliphatic rings. The number of aryl methyl sites for hydroxylation is 1. The third-order valence-electron chi connectivity index (χ3n) is 3.86. The summed E-state index contributed by atoms with van der Waals surface area (Å²) in [4.78, 5) is 37.4. The predicted octanol–water partition coefficient (Wildman–Crippen LogP) is 2.78. The first kappa shape index (κ1) is 18.4. The molecule has 1 aliphatic carbocycles. The van der Waals surface area contributed by atoms with Gasteiger partial charge in [0.05, 0.1) is 5.56 Å².